The molecule has 3 aliphatic rings. The number of fused-ring (bicyclic) bond motifs is 1. The van der Waals surface area contributed by atoms with E-state index in [0.29, 0.717) is 30.2 Å². The van der Waals surface area contributed by atoms with Crippen molar-refractivity contribution in [1.29, 1.82) is 0 Å². The fraction of sp³-hybridized carbons (Fsp3) is 0.636. The third-order valence-corrected chi connectivity index (χ3v) is 6.16. The number of alkyl halides is 1. The molecule has 1 aromatic carbocycles. The molecule has 0 bridgehead atoms. The van der Waals surface area contributed by atoms with Crippen LogP contribution in [0.2, 0.25) is 0 Å². The predicted octanol–water partition coefficient (Wildman–Crippen LogP) is 2.42. The molecule has 30 heavy (non-hydrogen) atoms. The third kappa shape index (κ3) is 4.32. The summed E-state index contributed by atoms with van der Waals surface area (Å²) in [6.07, 6.45) is 2.66. The van der Waals surface area contributed by atoms with E-state index in [1.165, 1.54) is 0 Å². The molecule has 1 aromatic rings. The highest BCUT2D eigenvalue weighted by atomic mass is 19.1. The van der Waals surface area contributed by atoms with Crippen LogP contribution < -0.4 is 26.0 Å². The van der Waals surface area contributed by atoms with E-state index in [-0.39, 0.29) is 11.9 Å². The fourth-order valence-electron chi connectivity index (χ4n) is 4.52. The number of allylic oxidation sites excluding steroid dienone is 1. The Morgan fingerprint density at radius 1 is 1.30 bits per heavy atom. The predicted molar refractivity (Wildman–Crippen MR) is 116 cm³/mol. The second-order valence-electron chi connectivity index (χ2n) is 8.47. The van der Waals surface area contributed by atoms with Gasteiger partial charge in [-0.1, -0.05) is 13.0 Å². The van der Waals surface area contributed by atoms with E-state index in [1.807, 2.05) is 13.0 Å². The number of hydrogen-bond donors (Lipinski definition) is 4. The lowest BCUT2D eigenvalue weighted by Gasteiger charge is -2.39. The highest BCUT2D eigenvalue weighted by Gasteiger charge is 2.35. The molecular weight excluding hydrogens is 388 g/mol. The molecule has 166 valence electrons. The van der Waals surface area contributed by atoms with Gasteiger partial charge in [0.2, 0.25) is 0 Å². The lowest BCUT2D eigenvalue weighted by molar-refractivity contribution is 0.112. The number of rotatable bonds is 5. The van der Waals surface area contributed by atoms with Crippen molar-refractivity contribution in [3.05, 3.63) is 29.1 Å². The number of hydrogen-bond acceptors (Lipinski definition) is 6. The van der Waals surface area contributed by atoms with E-state index >= 15 is 4.39 Å². The zero-order chi connectivity index (χ0) is 21.3. The first-order chi connectivity index (χ1) is 14.5. The summed E-state index contributed by atoms with van der Waals surface area (Å²) in [6, 6.07) is 1.47. The van der Waals surface area contributed by atoms with Crippen molar-refractivity contribution < 1.29 is 13.5 Å². The molecule has 4 rings (SSSR count). The minimum atomic E-state index is -1.08. The van der Waals surface area contributed by atoms with Gasteiger partial charge in [-0.15, -0.1) is 0 Å². The van der Waals surface area contributed by atoms with Crippen molar-refractivity contribution in [2.45, 2.75) is 57.8 Å². The number of nitrogens with one attached hydrogen (secondary N) is 4. The largest absolute Gasteiger partial charge is 0.492 e. The van der Waals surface area contributed by atoms with Crippen LogP contribution in [0, 0.1) is 5.82 Å². The minimum Gasteiger partial charge on any atom is -0.492 e. The maximum Gasteiger partial charge on any atom is 0.157 e. The van der Waals surface area contributed by atoms with Gasteiger partial charge in [-0.2, -0.15) is 0 Å². The van der Waals surface area contributed by atoms with Gasteiger partial charge >= 0.3 is 0 Å². The summed E-state index contributed by atoms with van der Waals surface area (Å²) in [4.78, 5) is 2.24. The SMILES string of the molecule is CCNC1NC(Nc2cc3c(c(C4=CCN(C)CCC4)c2F)OCC3)NC(C)C1F. The topological polar surface area (TPSA) is 60.6 Å². The molecule has 0 aliphatic carbocycles. The molecule has 0 radical (unpaired) electrons. The third-order valence-electron chi connectivity index (χ3n) is 6.16. The summed E-state index contributed by atoms with van der Waals surface area (Å²) in [7, 11) is 2.08. The van der Waals surface area contributed by atoms with Crippen LogP contribution in [-0.2, 0) is 6.42 Å². The van der Waals surface area contributed by atoms with Gasteiger partial charge in [0.15, 0.2) is 5.82 Å². The van der Waals surface area contributed by atoms with E-state index in [9.17, 15) is 4.39 Å². The van der Waals surface area contributed by atoms with Crippen molar-refractivity contribution in [3.63, 3.8) is 0 Å². The van der Waals surface area contributed by atoms with Crippen LogP contribution >= 0.6 is 0 Å². The van der Waals surface area contributed by atoms with Crippen LogP contribution in [-0.4, -0.2) is 62.9 Å². The summed E-state index contributed by atoms with van der Waals surface area (Å²) in [5, 5.41) is 12.7. The molecule has 3 aliphatic heterocycles. The molecule has 4 atom stereocenters. The van der Waals surface area contributed by atoms with Crippen molar-refractivity contribution >= 4 is 11.3 Å². The average molecular weight is 422 g/mol. The van der Waals surface area contributed by atoms with Crippen LogP contribution in [0.1, 0.15) is 37.8 Å². The molecule has 4 unspecified atom stereocenters. The number of likely N-dealkylation sites (N-methyl/N-ethyl adjacent to an activating group) is 1. The first kappa shape index (κ1) is 21.5. The summed E-state index contributed by atoms with van der Waals surface area (Å²) >= 11 is 0. The first-order valence-corrected chi connectivity index (χ1v) is 11.0. The monoisotopic (exact) mass is 421 g/mol. The maximum atomic E-state index is 15.8. The van der Waals surface area contributed by atoms with Gasteiger partial charge in [0.05, 0.1) is 24.0 Å². The molecule has 0 saturated carbocycles. The van der Waals surface area contributed by atoms with Gasteiger partial charge in [-0.3, -0.25) is 16.0 Å². The van der Waals surface area contributed by atoms with Gasteiger partial charge in [-0.25, -0.2) is 8.78 Å². The van der Waals surface area contributed by atoms with Gasteiger partial charge in [0.25, 0.3) is 0 Å². The van der Waals surface area contributed by atoms with E-state index in [2.05, 4.69) is 39.3 Å². The Bertz CT molecular complexity index is 802. The standard InChI is InChI=1S/C22H33F2N5O/c1-4-25-21-18(23)13(2)26-22(28-21)27-16-12-15-8-11-30-20(15)17(19(16)24)14-6-5-9-29(3)10-7-14/h7,12-13,18,21-22,25-28H,4-6,8-11H2,1-3H3. The summed E-state index contributed by atoms with van der Waals surface area (Å²) in [6.45, 7) is 6.75. The Hall–Kier alpha value is -1.74. The molecule has 3 heterocycles. The molecule has 1 fully saturated rings. The Kier molecular flexibility index (Phi) is 6.57. The van der Waals surface area contributed by atoms with Crippen LogP contribution in [0.4, 0.5) is 14.5 Å². The minimum absolute atomic E-state index is 0.301. The highest BCUT2D eigenvalue weighted by Crippen LogP contribution is 2.41. The van der Waals surface area contributed by atoms with Crippen LogP contribution in [0.3, 0.4) is 0 Å². The summed E-state index contributed by atoms with van der Waals surface area (Å²) in [5.74, 6) is 0.381. The first-order valence-electron chi connectivity index (χ1n) is 11.0. The zero-order valence-corrected chi connectivity index (χ0v) is 18.0. The molecule has 0 aromatic heterocycles. The Balaban J connectivity index is 1.63. The number of benzene rings is 1. The maximum absolute atomic E-state index is 15.8. The van der Waals surface area contributed by atoms with Gasteiger partial charge in [0, 0.05) is 24.6 Å². The molecule has 4 N–H and O–H groups in total. The molecule has 0 amide bonds. The number of nitrogens with zero attached hydrogens (tertiary/aromatic N) is 1. The fourth-order valence-corrected chi connectivity index (χ4v) is 4.52. The molecule has 6 nitrogen and oxygen atoms in total. The molecule has 0 spiro atoms. The smallest absolute Gasteiger partial charge is 0.157 e. The number of ether oxygens (including phenoxy) is 1. The Morgan fingerprint density at radius 3 is 2.93 bits per heavy atom. The Morgan fingerprint density at radius 2 is 2.13 bits per heavy atom. The van der Waals surface area contributed by atoms with Crippen LogP contribution in [0.5, 0.6) is 5.75 Å². The van der Waals surface area contributed by atoms with E-state index < -0.39 is 18.6 Å². The van der Waals surface area contributed by atoms with Crippen molar-refractivity contribution in [3.8, 4) is 5.75 Å². The van der Waals surface area contributed by atoms with E-state index in [1.54, 1.807) is 6.92 Å². The zero-order valence-electron chi connectivity index (χ0n) is 18.0. The summed E-state index contributed by atoms with van der Waals surface area (Å²) < 4.78 is 36.1. The van der Waals surface area contributed by atoms with Crippen LogP contribution in [0.15, 0.2) is 12.1 Å². The lowest BCUT2D eigenvalue weighted by atomic mass is 9.96. The summed E-state index contributed by atoms with van der Waals surface area (Å²) in [5.41, 5.74) is 3.02. The lowest BCUT2D eigenvalue weighted by Crippen LogP contribution is -2.70. The number of anilines is 1. The Labute approximate surface area is 177 Å². The molecular formula is C22H33F2N5O. The van der Waals surface area contributed by atoms with Crippen molar-refractivity contribution in [2.24, 2.45) is 0 Å². The second-order valence-corrected chi connectivity index (χ2v) is 8.47. The van der Waals surface area contributed by atoms with Crippen molar-refractivity contribution in [1.82, 2.24) is 20.9 Å². The van der Waals surface area contributed by atoms with Gasteiger partial charge in [0.1, 0.15) is 18.2 Å². The quantitative estimate of drug-likeness (QED) is 0.586. The van der Waals surface area contributed by atoms with Crippen LogP contribution in [0.25, 0.3) is 5.57 Å². The van der Waals surface area contributed by atoms with Crippen molar-refractivity contribution in [2.75, 3.05) is 38.6 Å². The van der Waals surface area contributed by atoms with E-state index in [0.717, 1.165) is 43.5 Å². The number of halogens is 2. The average Bonchev–Trinajstić information content (AvgIpc) is 3.07. The normalized spacial score (nSPS) is 29.7. The highest BCUT2D eigenvalue weighted by molar-refractivity contribution is 5.77. The second kappa shape index (κ2) is 9.18. The van der Waals surface area contributed by atoms with E-state index in [4.69, 9.17) is 4.74 Å². The molecule has 1 saturated heterocycles. The molecule has 8 heteroatoms. The van der Waals surface area contributed by atoms with Gasteiger partial charge in [-0.05, 0) is 51.5 Å². The van der Waals surface area contributed by atoms with Gasteiger partial charge < -0.3 is 15.0 Å².